The van der Waals surface area contributed by atoms with Crippen LogP contribution in [0.15, 0.2) is 30.3 Å². The lowest BCUT2D eigenvalue weighted by atomic mass is 10.2. The summed E-state index contributed by atoms with van der Waals surface area (Å²) in [5.74, 6) is 1.04. The average molecular weight is 245 g/mol. The summed E-state index contributed by atoms with van der Waals surface area (Å²) in [6.07, 6.45) is 0. The molecule has 0 fully saturated rings. The van der Waals surface area contributed by atoms with E-state index in [1.165, 1.54) is 12.0 Å². The molecule has 0 atom stereocenters. The molecule has 0 radical (unpaired) electrons. The molecule has 3 nitrogen and oxygen atoms in total. The van der Waals surface area contributed by atoms with Crippen LogP contribution in [0, 0.1) is 18.3 Å². The molecular weight excluding hydrogens is 234 g/mol. The number of para-hydroxylation sites is 1. The van der Waals surface area contributed by atoms with Crippen LogP contribution in [-0.2, 0) is 0 Å². The topological polar surface area (TPSA) is 42.2 Å². The number of nitriles is 1. The number of aryl methyl sites for hydroxylation is 1. The van der Waals surface area contributed by atoms with E-state index in [0.29, 0.717) is 17.1 Å². The number of ether oxygens (including phenoxy) is 2. The third-order valence-electron chi connectivity index (χ3n) is 2.23. The Kier molecular flexibility index (Phi) is 3.31. The van der Waals surface area contributed by atoms with E-state index >= 15 is 0 Å². The summed E-state index contributed by atoms with van der Waals surface area (Å²) in [5, 5.41) is 9.75. The van der Waals surface area contributed by atoms with Gasteiger partial charge in [0.2, 0.25) is 0 Å². The summed E-state index contributed by atoms with van der Waals surface area (Å²) in [6, 6.07) is 11.2. The highest BCUT2D eigenvalue weighted by atomic mass is 32.1. The monoisotopic (exact) mass is 245 g/mol. The number of methoxy groups -OCH3 is 1. The largest absolute Gasteiger partial charge is 0.492 e. The lowest BCUT2D eigenvalue weighted by Crippen LogP contribution is -1.92. The number of hydrogen-bond donors (Lipinski definition) is 0. The molecule has 0 unspecified atom stereocenters. The summed E-state index contributed by atoms with van der Waals surface area (Å²) in [5.41, 5.74) is 0.471. The number of benzene rings is 1. The average Bonchev–Trinajstić information content (AvgIpc) is 2.74. The Morgan fingerprint density at radius 2 is 2.06 bits per heavy atom. The fourth-order valence-electron chi connectivity index (χ4n) is 1.47. The smallest absolute Gasteiger partial charge is 0.181 e. The highest BCUT2D eigenvalue weighted by Gasteiger charge is 2.11. The van der Waals surface area contributed by atoms with E-state index in [1.807, 2.05) is 19.1 Å². The molecule has 1 aromatic heterocycles. The second kappa shape index (κ2) is 4.89. The van der Waals surface area contributed by atoms with Gasteiger partial charge in [-0.1, -0.05) is 6.07 Å². The number of thiophene rings is 1. The Morgan fingerprint density at radius 3 is 2.65 bits per heavy atom. The number of nitrogens with zero attached hydrogens (tertiary/aromatic N) is 1. The van der Waals surface area contributed by atoms with Crippen molar-refractivity contribution in [1.29, 1.82) is 5.26 Å². The first-order chi connectivity index (χ1) is 8.24. The van der Waals surface area contributed by atoms with E-state index in [4.69, 9.17) is 14.7 Å². The van der Waals surface area contributed by atoms with E-state index in [0.717, 1.165) is 5.06 Å². The van der Waals surface area contributed by atoms with Gasteiger partial charge in [0.1, 0.15) is 6.07 Å². The van der Waals surface area contributed by atoms with Crippen LogP contribution in [0.2, 0.25) is 0 Å². The highest BCUT2D eigenvalue weighted by Crippen LogP contribution is 2.36. The molecule has 2 aromatic rings. The van der Waals surface area contributed by atoms with Gasteiger partial charge < -0.3 is 9.47 Å². The first kappa shape index (κ1) is 11.5. The van der Waals surface area contributed by atoms with Gasteiger partial charge in [-0.3, -0.25) is 0 Å². The van der Waals surface area contributed by atoms with Crippen molar-refractivity contribution in [3.8, 4) is 22.6 Å². The van der Waals surface area contributed by atoms with E-state index in [-0.39, 0.29) is 0 Å². The molecule has 86 valence electrons. The van der Waals surface area contributed by atoms with E-state index in [2.05, 4.69) is 6.07 Å². The van der Waals surface area contributed by atoms with Gasteiger partial charge in [0.05, 0.1) is 12.7 Å². The molecule has 0 saturated carbocycles. The first-order valence-electron chi connectivity index (χ1n) is 5.06. The van der Waals surface area contributed by atoms with E-state index in [1.54, 1.807) is 29.5 Å². The molecule has 1 heterocycles. The van der Waals surface area contributed by atoms with Gasteiger partial charge >= 0.3 is 0 Å². The Balaban J connectivity index is 2.36. The third kappa shape index (κ3) is 2.40. The maximum atomic E-state index is 8.96. The molecule has 0 aliphatic carbocycles. The maximum Gasteiger partial charge on any atom is 0.181 e. The molecule has 17 heavy (non-hydrogen) atoms. The summed E-state index contributed by atoms with van der Waals surface area (Å²) in [7, 11) is 1.53. The van der Waals surface area contributed by atoms with Crippen molar-refractivity contribution >= 4 is 11.3 Å². The Labute approximate surface area is 104 Å². The fraction of sp³-hybridized carbons (Fsp3) is 0.154. The second-order valence-corrected chi connectivity index (χ2v) is 4.67. The first-order valence-corrected chi connectivity index (χ1v) is 5.87. The number of rotatable bonds is 3. The Hall–Kier alpha value is -1.99. The quantitative estimate of drug-likeness (QED) is 0.827. The second-order valence-electron chi connectivity index (χ2n) is 3.42. The number of hydrogen-bond acceptors (Lipinski definition) is 4. The minimum absolute atomic E-state index is 0.471. The van der Waals surface area contributed by atoms with E-state index in [9.17, 15) is 0 Å². The maximum absolute atomic E-state index is 8.96. The van der Waals surface area contributed by atoms with Crippen LogP contribution < -0.4 is 9.47 Å². The summed E-state index contributed by atoms with van der Waals surface area (Å²) < 4.78 is 10.9. The van der Waals surface area contributed by atoms with Crippen molar-refractivity contribution < 1.29 is 9.47 Å². The molecule has 0 bridgehead atoms. The molecule has 4 heteroatoms. The lowest BCUT2D eigenvalue weighted by Gasteiger charge is -2.09. The van der Waals surface area contributed by atoms with Crippen molar-refractivity contribution in [2.24, 2.45) is 0 Å². The minimum Gasteiger partial charge on any atom is -0.492 e. The molecule has 0 spiro atoms. The van der Waals surface area contributed by atoms with Crippen LogP contribution >= 0.6 is 11.3 Å². The van der Waals surface area contributed by atoms with Gasteiger partial charge in [0, 0.05) is 4.88 Å². The van der Waals surface area contributed by atoms with Crippen LogP contribution in [0.1, 0.15) is 10.4 Å². The van der Waals surface area contributed by atoms with Crippen molar-refractivity contribution in [3.05, 3.63) is 40.8 Å². The van der Waals surface area contributed by atoms with Crippen LogP contribution in [0.4, 0.5) is 0 Å². The lowest BCUT2D eigenvalue weighted by molar-refractivity contribution is 0.380. The van der Waals surface area contributed by atoms with Crippen LogP contribution in [0.25, 0.3) is 0 Å². The molecule has 1 aromatic carbocycles. The van der Waals surface area contributed by atoms with E-state index < -0.39 is 0 Å². The third-order valence-corrected chi connectivity index (χ3v) is 3.11. The zero-order chi connectivity index (χ0) is 12.3. The van der Waals surface area contributed by atoms with Crippen molar-refractivity contribution in [1.82, 2.24) is 0 Å². The summed E-state index contributed by atoms with van der Waals surface area (Å²) >= 11 is 1.55. The molecule has 0 aliphatic heterocycles. The molecule has 0 N–H and O–H groups in total. The zero-order valence-corrected chi connectivity index (χ0v) is 10.4. The molecule has 2 rings (SSSR count). The molecular formula is C13H11NO2S. The minimum atomic E-state index is 0.471. The molecule has 0 saturated heterocycles. The van der Waals surface area contributed by atoms with Crippen LogP contribution in [0.5, 0.6) is 16.6 Å². The highest BCUT2D eigenvalue weighted by molar-refractivity contribution is 7.13. The van der Waals surface area contributed by atoms with Gasteiger partial charge in [-0.05, 0) is 31.2 Å². The molecule has 0 aliphatic rings. The fourth-order valence-corrected chi connectivity index (χ4v) is 2.19. The normalized spacial score (nSPS) is 9.71. The predicted molar refractivity (Wildman–Crippen MR) is 66.8 cm³/mol. The standard InChI is InChI=1S/C13H11NO2S/c1-9-6-7-12(17-9)16-11-5-3-4-10(8-14)13(11)15-2/h3-7H,1-2H3. The van der Waals surface area contributed by atoms with Crippen LogP contribution in [0.3, 0.4) is 0 Å². The Bertz CT molecular complexity index is 569. The summed E-state index contributed by atoms with van der Waals surface area (Å²) in [6.45, 7) is 2.01. The van der Waals surface area contributed by atoms with Gasteiger partial charge in [0.25, 0.3) is 0 Å². The summed E-state index contributed by atoms with van der Waals surface area (Å²) in [4.78, 5) is 1.18. The zero-order valence-electron chi connectivity index (χ0n) is 9.56. The predicted octanol–water partition coefficient (Wildman–Crippen LogP) is 3.73. The SMILES string of the molecule is COc1c(C#N)cccc1Oc1ccc(C)s1. The van der Waals surface area contributed by atoms with Gasteiger partial charge in [-0.2, -0.15) is 5.26 Å². The van der Waals surface area contributed by atoms with Crippen molar-refractivity contribution in [3.63, 3.8) is 0 Å². The van der Waals surface area contributed by atoms with Crippen molar-refractivity contribution in [2.45, 2.75) is 6.92 Å². The van der Waals surface area contributed by atoms with Crippen molar-refractivity contribution in [2.75, 3.05) is 7.11 Å². The molecule has 0 amide bonds. The van der Waals surface area contributed by atoms with Gasteiger partial charge in [-0.25, -0.2) is 0 Å². The van der Waals surface area contributed by atoms with Crippen LogP contribution in [-0.4, -0.2) is 7.11 Å². The van der Waals surface area contributed by atoms with Gasteiger partial charge in [0.15, 0.2) is 16.6 Å². The Morgan fingerprint density at radius 1 is 1.24 bits per heavy atom. The van der Waals surface area contributed by atoms with Gasteiger partial charge in [-0.15, -0.1) is 11.3 Å².